The molecule has 1 heterocycles. The van der Waals surface area contributed by atoms with Crippen LogP contribution in [0.5, 0.6) is 5.75 Å². The number of carbonyl (C=O) groups excluding carboxylic acids is 2. The van der Waals surface area contributed by atoms with E-state index in [1.165, 1.54) is 14.2 Å². The van der Waals surface area contributed by atoms with Crippen molar-refractivity contribution in [3.63, 3.8) is 0 Å². The molecule has 1 aliphatic heterocycles. The highest BCUT2D eigenvalue weighted by molar-refractivity contribution is 5.92. The van der Waals surface area contributed by atoms with Gasteiger partial charge in [-0.2, -0.15) is 0 Å². The van der Waals surface area contributed by atoms with E-state index in [9.17, 15) is 9.59 Å². The fraction of sp³-hybridized carbons (Fsp3) is 0.571. The Hall–Kier alpha value is -2.77. The van der Waals surface area contributed by atoms with Gasteiger partial charge < -0.3 is 24.4 Å². The van der Waals surface area contributed by atoms with Crippen molar-refractivity contribution >= 4 is 17.9 Å². The second-order valence-corrected chi connectivity index (χ2v) is 6.73. The van der Waals surface area contributed by atoms with Gasteiger partial charge in [-0.05, 0) is 44.4 Å². The molecule has 1 saturated heterocycles. The Bertz CT molecular complexity index is 735. The summed E-state index contributed by atoms with van der Waals surface area (Å²) >= 11 is 0. The quantitative estimate of drug-likeness (QED) is 0.423. The highest BCUT2D eigenvalue weighted by atomic mass is 16.5. The molecule has 160 valence electrons. The number of ether oxygens (including phenoxy) is 3. The number of likely N-dealkylation sites (tertiary alicyclic amines) is 1. The molecule has 8 nitrogen and oxygen atoms in total. The molecule has 0 amide bonds. The van der Waals surface area contributed by atoms with Crippen molar-refractivity contribution in [3.05, 3.63) is 29.3 Å². The number of carbonyl (C=O) groups is 2. The number of hydrogen-bond acceptors (Lipinski definition) is 6. The maximum Gasteiger partial charge on any atom is 0.341 e. The van der Waals surface area contributed by atoms with Gasteiger partial charge in [0.15, 0.2) is 5.96 Å². The lowest BCUT2D eigenvalue weighted by Gasteiger charge is -2.34. The van der Waals surface area contributed by atoms with Gasteiger partial charge in [-0.15, -0.1) is 0 Å². The van der Waals surface area contributed by atoms with E-state index in [0.717, 1.165) is 37.5 Å². The number of nitrogens with zero attached hydrogens (tertiary/aromatic N) is 2. The molecule has 0 spiro atoms. The van der Waals surface area contributed by atoms with Gasteiger partial charge in [0.1, 0.15) is 11.3 Å². The standard InChI is InChI=1S/C21H31N3O5/c1-5-22-21(24-11-7-8-16(14-24)19(25)29-6-2)23-13-15-9-10-18(27-3)17(12-15)20(26)28-4/h9-10,12,16H,5-8,11,13-14H2,1-4H3,(H,22,23). The molecule has 0 saturated carbocycles. The van der Waals surface area contributed by atoms with E-state index in [1.54, 1.807) is 12.1 Å². The minimum absolute atomic E-state index is 0.139. The summed E-state index contributed by atoms with van der Waals surface area (Å²) in [6.07, 6.45) is 1.73. The zero-order chi connectivity index (χ0) is 21.2. The van der Waals surface area contributed by atoms with Crippen molar-refractivity contribution in [2.45, 2.75) is 33.2 Å². The molecular formula is C21H31N3O5. The Morgan fingerprint density at radius 2 is 2.07 bits per heavy atom. The van der Waals surface area contributed by atoms with Crippen LogP contribution < -0.4 is 10.1 Å². The van der Waals surface area contributed by atoms with Gasteiger partial charge in [-0.25, -0.2) is 9.79 Å². The van der Waals surface area contributed by atoms with E-state index in [2.05, 4.69) is 10.2 Å². The third-order valence-corrected chi connectivity index (χ3v) is 4.76. The number of aliphatic imine (C=N–C) groups is 1. The van der Waals surface area contributed by atoms with Crippen LogP contribution in [0.2, 0.25) is 0 Å². The third-order valence-electron chi connectivity index (χ3n) is 4.76. The van der Waals surface area contributed by atoms with Crippen molar-refractivity contribution in [2.24, 2.45) is 10.9 Å². The van der Waals surface area contributed by atoms with Crippen LogP contribution in [0.15, 0.2) is 23.2 Å². The largest absolute Gasteiger partial charge is 0.496 e. The molecule has 0 bridgehead atoms. The summed E-state index contributed by atoms with van der Waals surface area (Å²) in [5.74, 6) is 0.472. The summed E-state index contributed by atoms with van der Waals surface area (Å²) in [5, 5.41) is 3.29. The smallest absolute Gasteiger partial charge is 0.341 e. The lowest BCUT2D eigenvalue weighted by Crippen LogP contribution is -2.48. The Labute approximate surface area is 172 Å². The predicted octanol–water partition coefficient (Wildman–Crippen LogP) is 2.22. The summed E-state index contributed by atoms with van der Waals surface area (Å²) in [4.78, 5) is 30.9. The molecule has 0 aromatic heterocycles. The van der Waals surface area contributed by atoms with Crippen molar-refractivity contribution in [1.82, 2.24) is 10.2 Å². The Balaban J connectivity index is 2.16. The zero-order valence-electron chi connectivity index (χ0n) is 17.7. The van der Waals surface area contributed by atoms with Gasteiger partial charge in [-0.3, -0.25) is 4.79 Å². The summed E-state index contributed by atoms with van der Waals surface area (Å²) in [5.41, 5.74) is 1.23. The number of rotatable bonds is 7. The van der Waals surface area contributed by atoms with E-state index in [-0.39, 0.29) is 11.9 Å². The molecule has 1 atom stereocenters. The molecule has 1 aromatic carbocycles. The fourth-order valence-corrected chi connectivity index (χ4v) is 3.34. The van der Waals surface area contributed by atoms with E-state index in [1.807, 2.05) is 19.9 Å². The number of methoxy groups -OCH3 is 2. The molecular weight excluding hydrogens is 374 g/mol. The van der Waals surface area contributed by atoms with Gasteiger partial charge in [-0.1, -0.05) is 6.07 Å². The molecule has 0 radical (unpaired) electrons. The van der Waals surface area contributed by atoms with Crippen LogP contribution in [0.1, 0.15) is 42.6 Å². The Morgan fingerprint density at radius 1 is 1.28 bits per heavy atom. The summed E-state index contributed by atoms with van der Waals surface area (Å²) < 4.78 is 15.2. The summed E-state index contributed by atoms with van der Waals surface area (Å²) in [7, 11) is 2.85. The van der Waals surface area contributed by atoms with Crippen LogP contribution in [0.25, 0.3) is 0 Å². The molecule has 1 unspecified atom stereocenters. The number of esters is 2. The van der Waals surface area contributed by atoms with Gasteiger partial charge in [0, 0.05) is 19.6 Å². The fourth-order valence-electron chi connectivity index (χ4n) is 3.34. The number of benzene rings is 1. The maximum atomic E-state index is 12.1. The first-order valence-corrected chi connectivity index (χ1v) is 9.99. The predicted molar refractivity (Wildman–Crippen MR) is 110 cm³/mol. The average Bonchev–Trinajstić information content (AvgIpc) is 2.76. The Kier molecular flexibility index (Phi) is 8.76. The molecule has 8 heteroatoms. The first-order valence-electron chi connectivity index (χ1n) is 9.99. The lowest BCUT2D eigenvalue weighted by molar-refractivity contribution is -0.149. The normalized spacial score (nSPS) is 16.9. The van der Waals surface area contributed by atoms with E-state index in [0.29, 0.717) is 31.0 Å². The van der Waals surface area contributed by atoms with Crippen molar-refractivity contribution in [1.29, 1.82) is 0 Å². The van der Waals surface area contributed by atoms with Crippen LogP contribution in [0.4, 0.5) is 0 Å². The number of guanidine groups is 1. The minimum Gasteiger partial charge on any atom is -0.496 e. The van der Waals surface area contributed by atoms with E-state index in [4.69, 9.17) is 19.2 Å². The van der Waals surface area contributed by atoms with Crippen molar-refractivity contribution < 1.29 is 23.8 Å². The van der Waals surface area contributed by atoms with Gasteiger partial charge in [0.05, 0.1) is 33.3 Å². The second-order valence-electron chi connectivity index (χ2n) is 6.73. The summed E-state index contributed by atoms with van der Waals surface area (Å²) in [6.45, 7) is 6.74. The Morgan fingerprint density at radius 3 is 2.72 bits per heavy atom. The van der Waals surface area contributed by atoms with Crippen molar-refractivity contribution in [2.75, 3.05) is 40.5 Å². The first-order chi connectivity index (χ1) is 14.0. The maximum absolute atomic E-state index is 12.1. The molecule has 1 aliphatic rings. The van der Waals surface area contributed by atoms with E-state index < -0.39 is 5.97 Å². The molecule has 0 aliphatic carbocycles. The third kappa shape index (κ3) is 6.10. The SMILES string of the molecule is CCNC(=NCc1ccc(OC)c(C(=O)OC)c1)N1CCCC(C(=O)OCC)C1. The molecule has 1 N–H and O–H groups in total. The second kappa shape index (κ2) is 11.3. The van der Waals surface area contributed by atoms with Gasteiger partial charge >= 0.3 is 11.9 Å². The molecule has 2 rings (SSSR count). The molecule has 1 aromatic rings. The minimum atomic E-state index is -0.451. The van der Waals surface area contributed by atoms with Crippen LogP contribution in [-0.2, 0) is 20.8 Å². The summed E-state index contributed by atoms with van der Waals surface area (Å²) in [6, 6.07) is 5.34. The highest BCUT2D eigenvalue weighted by Crippen LogP contribution is 2.22. The number of hydrogen-bond donors (Lipinski definition) is 1. The lowest BCUT2D eigenvalue weighted by atomic mass is 9.98. The van der Waals surface area contributed by atoms with Crippen LogP contribution in [0, 0.1) is 5.92 Å². The van der Waals surface area contributed by atoms with Crippen LogP contribution >= 0.6 is 0 Å². The van der Waals surface area contributed by atoms with Crippen LogP contribution in [-0.4, -0.2) is 63.3 Å². The molecule has 29 heavy (non-hydrogen) atoms. The molecule has 1 fully saturated rings. The average molecular weight is 405 g/mol. The topological polar surface area (TPSA) is 89.5 Å². The van der Waals surface area contributed by atoms with Gasteiger partial charge in [0.25, 0.3) is 0 Å². The van der Waals surface area contributed by atoms with Gasteiger partial charge in [0.2, 0.25) is 0 Å². The van der Waals surface area contributed by atoms with Crippen LogP contribution in [0.3, 0.4) is 0 Å². The van der Waals surface area contributed by atoms with Crippen molar-refractivity contribution in [3.8, 4) is 5.75 Å². The first kappa shape index (κ1) is 22.5. The van der Waals surface area contributed by atoms with E-state index >= 15 is 0 Å². The monoisotopic (exact) mass is 405 g/mol. The number of nitrogens with one attached hydrogen (secondary N) is 1. The highest BCUT2D eigenvalue weighted by Gasteiger charge is 2.28. The number of piperidine rings is 1. The zero-order valence-corrected chi connectivity index (χ0v) is 17.7.